The molecule has 1 heterocycles. The average Bonchev–Trinajstić information content (AvgIpc) is 3.09. The maximum atomic E-state index is 13.0. The summed E-state index contributed by atoms with van der Waals surface area (Å²) in [4.78, 5) is 14.6. The van der Waals surface area contributed by atoms with Crippen LogP contribution in [0.15, 0.2) is 40.9 Å². The van der Waals surface area contributed by atoms with Crippen LogP contribution in [0, 0.1) is 13.8 Å². The molecule has 31 heavy (non-hydrogen) atoms. The molecule has 1 amide bonds. The second kappa shape index (κ2) is 9.75. The molecular formula is C23H25ClN2O5. The Morgan fingerprint density at radius 1 is 1.06 bits per heavy atom. The predicted octanol–water partition coefficient (Wildman–Crippen LogP) is 4.81. The quantitative estimate of drug-likeness (QED) is 0.496. The summed E-state index contributed by atoms with van der Waals surface area (Å²) < 4.78 is 21.9. The second-order valence-electron chi connectivity index (χ2n) is 7.07. The van der Waals surface area contributed by atoms with Crippen LogP contribution in [0.3, 0.4) is 0 Å². The van der Waals surface area contributed by atoms with E-state index in [2.05, 4.69) is 5.16 Å². The first-order chi connectivity index (χ1) is 14.8. The van der Waals surface area contributed by atoms with E-state index in [1.807, 2.05) is 13.8 Å². The Hall–Kier alpha value is -3.19. The number of halogens is 1. The predicted molar refractivity (Wildman–Crippen MR) is 117 cm³/mol. The van der Waals surface area contributed by atoms with E-state index in [1.54, 1.807) is 55.5 Å². The Balaban J connectivity index is 1.75. The minimum Gasteiger partial charge on any atom is -0.496 e. The van der Waals surface area contributed by atoms with Gasteiger partial charge in [-0.1, -0.05) is 16.8 Å². The van der Waals surface area contributed by atoms with E-state index >= 15 is 0 Å². The number of hydrogen-bond acceptors (Lipinski definition) is 6. The number of aryl methyl sites for hydroxylation is 2. The molecule has 0 spiro atoms. The third-order valence-corrected chi connectivity index (χ3v) is 5.20. The zero-order valence-corrected chi connectivity index (χ0v) is 18.9. The summed E-state index contributed by atoms with van der Waals surface area (Å²) in [6, 6.07) is 10.4. The zero-order valence-electron chi connectivity index (χ0n) is 18.2. The molecule has 164 valence electrons. The van der Waals surface area contributed by atoms with Gasteiger partial charge >= 0.3 is 0 Å². The van der Waals surface area contributed by atoms with Crippen molar-refractivity contribution in [3.05, 3.63) is 69.6 Å². The third kappa shape index (κ3) is 5.11. The standard InChI is InChI=1S/C23H25ClN2O5/c1-14-19(15(2)31-25-14)13-30-21-8-6-16(11-22(21)29-5)23(27)26(3)12-17-10-18(24)7-9-20(17)28-4/h6-11H,12-13H2,1-5H3. The number of hydrogen-bond donors (Lipinski definition) is 0. The maximum Gasteiger partial charge on any atom is 0.254 e. The zero-order chi connectivity index (χ0) is 22.5. The fourth-order valence-corrected chi connectivity index (χ4v) is 3.39. The topological polar surface area (TPSA) is 74.0 Å². The molecule has 0 bridgehead atoms. The van der Waals surface area contributed by atoms with Crippen LogP contribution < -0.4 is 14.2 Å². The molecule has 3 aromatic rings. The van der Waals surface area contributed by atoms with Gasteiger partial charge < -0.3 is 23.6 Å². The summed E-state index contributed by atoms with van der Waals surface area (Å²) in [5.41, 5.74) is 2.96. The van der Waals surface area contributed by atoms with Crippen molar-refractivity contribution in [3.8, 4) is 17.2 Å². The van der Waals surface area contributed by atoms with Gasteiger partial charge in [0.05, 0.1) is 25.5 Å². The van der Waals surface area contributed by atoms with Gasteiger partial charge in [0, 0.05) is 29.7 Å². The molecule has 0 aliphatic heterocycles. The molecule has 0 radical (unpaired) electrons. The summed E-state index contributed by atoms with van der Waals surface area (Å²) in [6.07, 6.45) is 0. The Labute approximate surface area is 186 Å². The molecule has 0 saturated heterocycles. The number of benzene rings is 2. The van der Waals surface area contributed by atoms with E-state index in [1.165, 1.54) is 7.11 Å². The lowest BCUT2D eigenvalue weighted by atomic mass is 10.1. The minimum absolute atomic E-state index is 0.169. The van der Waals surface area contributed by atoms with Crippen LogP contribution in [0.1, 0.15) is 32.9 Å². The van der Waals surface area contributed by atoms with Crippen molar-refractivity contribution in [2.45, 2.75) is 27.0 Å². The Morgan fingerprint density at radius 3 is 2.42 bits per heavy atom. The number of carbonyl (C=O) groups is 1. The number of ether oxygens (including phenoxy) is 3. The highest BCUT2D eigenvalue weighted by atomic mass is 35.5. The van der Waals surface area contributed by atoms with E-state index in [9.17, 15) is 4.79 Å². The van der Waals surface area contributed by atoms with Crippen molar-refractivity contribution < 1.29 is 23.5 Å². The van der Waals surface area contributed by atoms with Crippen LogP contribution >= 0.6 is 11.6 Å². The summed E-state index contributed by atoms with van der Waals surface area (Å²) in [6.45, 7) is 4.33. The molecule has 8 heteroatoms. The molecule has 0 aliphatic rings. The van der Waals surface area contributed by atoms with Gasteiger partial charge in [0.2, 0.25) is 0 Å². The molecule has 3 rings (SSSR count). The number of amides is 1. The fourth-order valence-electron chi connectivity index (χ4n) is 3.20. The summed E-state index contributed by atoms with van der Waals surface area (Å²) >= 11 is 6.10. The summed E-state index contributed by atoms with van der Waals surface area (Å²) in [7, 11) is 4.84. The van der Waals surface area contributed by atoms with Gasteiger partial charge in [-0.05, 0) is 50.2 Å². The Bertz CT molecular complexity index is 1060. The van der Waals surface area contributed by atoms with Crippen molar-refractivity contribution in [3.63, 3.8) is 0 Å². The van der Waals surface area contributed by atoms with Crippen LogP contribution in [-0.2, 0) is 13.2 Å². The highest BCUT2D eigenvalue weighted by Crippen LogP contribution is 2.30. The molecule has 1 aromatic heterocycles. The van der Waals surface area contributed by atoms with Gasteiger partial charge in [-0.15, -0.1) is 0 Å². The van der Waals surface area contributed by atoms with E-state index in [4.69, 9.17) is 30.3 Å². The Kier molecular flexibility index (Phi) is 7.07. The first kappa shape index (κ1) is 22.5. The SMILES string of the molecule is COc1ccc(Cl)cc1CN(C)C(=O)c1ccc(OCc2c(C)noc2C)c(OC)c1. The fraction of sp³-hybridized carbons (Fsp3) is 0.304. The normalized spacial score (nSPS) is 10.6. The molecule has 0 N–H and O–H groups in total. The lowest BCUT2D eigenvalue weighted by Gasteiger charge is -2.20. The van der Waals surface area contributed by atoms with E-state index < -0.39 is 0 Å². The molecule has 0 atom stereocenters. The highest BCUT2D eigenvalue weighted by molar-refractivity contribution is 6.30. The van der Waals surface area contributed by atoms with Crippen LogP contribution in [-0.4, -0.2) is 37.2 Å². The molecule has 0 aliphatic carbocycles. The van der Waals surface area contributed by atoms with Crippen LogP contribution in [0.4, 0.5) is 0 Å². The largest absolute Gasteiger partial charge is 0.496 e. The number of rotatable bonds is 8. The monoisotopic (exact) mass is 444 g/mol. The van der Waals surface area contributed by atoms with Crippen molar-refractivity contribution in [2.24, 2.45) is 0 Å². The lowest BCUT2D eigenvalue weighted by Crippen LogP contribution is -2.26. The smallest absolute Gasteiger partial charge is 0.254 e. The van der Waals surface area contributed by atoms with Crippen molar-refractivity contribution in [1.29, 1.82) is 0 Å². The third-order valence-electron chi connectivity index (χ3n) is 4.96. The van der Waals surface area contributed by atoms with Gasteiger partial charge in [-0.25, -0.2) is 0 Å². The second-order valence-corrected chi connectivity index (χ2v) is 7.51. The molecule has 7 nitrogen and oxygen atoms in total. The van der Waals surface area contributed by atoms with Crippen LogP contribution in [0.5, 0.6) is 17.2 Å². The average molecular weight is 445 g/mol. The molecule has 2 aromatic carbocycles. The van der Waals surface area contributed by atoms with Gasteiger partial charge in [-0.3, -0.25) is 4.79 Å². The van der Waals surface area contributed by atoms with Crippen molar-refractivity contribution in [2.75, 3.05) is 21.3 Å². The van der Waals surface area contributed by atoms with Gasteiger partial charge in [-0.2, -0.15) is 0 Å². The lowest BCUT2D eigenvalue weighted by molar-refractivity contribution is 0.0783. The van der Waals surface area contributed by atoms with Crippen LogP contribution in [0.2, 0.25) is 5.02 Å². The van der Waals surface area contributed by atoms with Crippen molar-refractivity contribution >= 4 is 17.5 Å². The first-order valence-electron chi connectivity index (χ1n) is 9.64. The molecule has 0 unspecified atom stereocenters. The maximum absolute atomic E-state index is 13.0. The van der Waals surface area contributed by atoms with E-state index in [0.717, 1.165) is 16.8 Å². The summed E-state index contributed by atoms with van der Waals surface area (Å²) in [5, 5.41) is 4.51. The van der Waals surface area contributed by atoms with Gasteiger partial charge in [0.25, 0.3) is 5.91 Å². The number of methoxy groups -OCH3 is 2. The number of carbonyl (C=O) groups excluding carboxylic acids is 1. The van der Waals surface area contributed by atoms with Gasteiger partial charge in [0.15, 0.2) is 11.5 Å². The highest BCUT2D eigenvalue weighted by Gasteiger charge is 2.18. The van der Waals surface area contributed by atoms with E-state index in [0.29, 0.717) is 46.7 Å². The molecular weight excluding hydrogens is 420 g/mol. The Morgan fingerprint density at radius 2 is 1.77 bits per heavy atom. The minimum atomic E-state index is -0.169. The number of aromatic nitrogens is 1. The first-order valence-corrected chi connectivity index (χ1v) is 10.0. The number of nitrogens with zero attached hydrogens (tertiary/aromatic N) is 2. The van der Waals surface area contributed by atoms with Crippen LogP contribution in [0.25, 0.3) is 0 Å². The molecule has 0 saturated carbocycles. The summed E-state index contributed by atoms with van der Waals surface area (Å²) in [5.74, 6) is 2.20. The van der Waals surface area contributed by atoms with Gasteiger partial charge in [0.1, 0.15) is 18.1 Å². The van der Waals surface area contributed by atoms with Crippen molar-refractivity contribution in [1.82, 2.24) is 10.1 Å². The van der Waals surface area contributed by atoms with E-state index in [-0.39, 0.29) is 5.91 Å². The molecule has 0 fully saturated rings.